The van der Waals surface area contributed by atoms with Gasteiger partial charge in [-0.25, -0.2) is 0 Å². The van der Waals surface area contributed by atoms with Crippen molar-refractivity contribution in [2.24, 2.45) is 0 Å². The van der Waals surface area contributed by atoms with Crippen molar-refractivity contribution in [1.82, 2.24) is 0 Å². The van der Waals surface area contributed by atoms with Gasteiger partial charge in [0, 0.05) is 26.7 Å². The van der Waals surface area contributed by atoms with Crippen LogP contribution in [0.4, 0.5) is 0 Å². The lowest BCUT2D eigenvalue weighted by Crippen LogP contribution is -2.33. The maximum absolute atomic E-state index is 6.27. The number of halogens is 4. The van der Waals surface area contributed by atoms with Gasteiger partial charge in [-0.2, -0.15) is 0 Å². The Labute approximate surface area is 143 Å². The molecule has 0 saturated carbocycles. The van der Waals surface area contributed by atoms with E-state index in [2.05, 4.69) is 28.1 Å². The lowest BCUT2D eigenvalue weighted by molar-refractivity contribution is 0.536. The third-order valence-corrected chi connectivity index (χ3v) is 5.32. The first-order valence-corrected chi connectivity index (χ1v) is 8.47. The van der Waals surface area contributed by atoms with Crippen LogP contribution in [-0.2, 0) is 11.8 Å². The molecule has 0 amide bonds. The van der Waals surface area contributed by atoms with E-state index in [1.54, 1.807) is 0 Å². The van der Waals surface area contributed by atoms with Crippen LogP contribution < -0.4 is 0 Å². The van der Waals surface area contributed by atoms with Crippen LogP contribution in [-0.4, -0.2) is 11.8 Å². The van der Waals surface area contributed by atoms with E-state index in [1.165, 1.54) is 0 Å². The first-order valence-electron chi connectivity index (χ1n) is 6.23. The number of benzene rings is 2. The number of alkyl halides is 2. The molecule has 0 spiro atoms. The SMILES string of the molecule is ClCC(CCl)(Cc1ccccc1Cl)c1cccc(Br)c1. The zero-order valence-electron chi connectivity index (χ0n) is 10.8. The summed E-state index contributed by atoms with van der Waals surface area (Å²) in [6, 6.07) is 15.9. The molecular formula is C16H14BrCl3. The molecule has 0 saturated heterocycles. The summed E-state index contributed by atoms with van der Waals surface area (Å²) in [5.74, 6) is 0.885. The Bertz CT molecular complexity index is 579. The Balaban J connectivity index is 2.42. The van der Waals surface area contributed by atoms with E-state index in [1.807, 2.05) is 36.4 Å². The molecule has 0 N–H and O–H groups in total. The minimum absolute atomic E-state index is 0.322. The molecule has 0 heterocycles. The predicted molar refractivity (Wildman–Crippen MR) is 92.4 cm³/mol. The van der Waals surface area contributed by atoms with Crippen molar-refractivity contribution >= 4 is 50.7 Å². The minimum atomic E-state index is -0.322. The molecule has 0 bridgehead atoms. The molecule has 2 rings (SSSR count). The number of hydrogen-bond donors (Lipinski definition) is 0. The van der Waals surface area contributed by atoms with Gasteiger partial charge in [0.15, 0.2) is 0 Å². The van der Waals surface area contributed by atoms with Crippen LogP contribution >= 0.6 is 50.7 Å². The zero-order valence-corrected chi connectivity index (χ0v) is 14.6. The Morgan fingerprint density at radius 3 is 2.25 bits per heavy atom. The van der Waals surface area contributed by atoms with Crippen molar-refractivity contribution in [2.45, 2.75) is 11.8 Å². The molecule has 0 atom stereocenters. The van der Waals surface area contributed by atoms with Gasteiger partial charge >= 0.3 is 0 Å². The van der Waals surface area contributed by atoms with Crippen LogP contribution in [0.1, 0.15) is 11.1 Å². The standard InChI is InChI=1S/C16H14BrCl3/c17-14-6-3-5-13(8-14)16(10-18,11-19)9-12-4-1-2-7-15(12)20/h1-8H,9-11H2. The third-order valence-electron chi connectivity index (χ3n) is 3.44. The van der Waals surface area contributed by atoms with Gasteiger partial charge in [-0.1, -0.05) is 57.9 Å². The normalized spacial score (nSPS) is 11.6. The van der Waals surface area contributed by atoms with Gasteiger partial charge in [-0.05, 0) is 35.7 Å². The molecule has 0 aromatic heterocycles. The van der Waals surface area contributed by atoms with Gasteiger partial charge in [0.25, 0.3) is 0 Å². The van der Waals surface area contributed by atoms with E-state index in [9.17, 15) is 0 Å². The molecule has 0 radical (unpaired) electrons. The van der Waals surface area contributed by atoms with E-state index >= 15 is 0 Å². The van der Waals surface area contributed by atoms with Gasteiger partial charge in [0.05, 0.1) is 0 Å². The monoisotopic (exact) mass is 390 g/mol. The first-order chi connectivity index (χ1) is 9.61. The predicted octanol–water partition coefficient (Wildman–Crippen LogP) is 6.06. The van der Waals surface area contributed by atoms with Crippen molar-refractivity contribution in [3.63, 3.8) is 0 Å². The fourth-order valence-corrected chi connectivity index (χ4v) is 3.60. The number of rotatable bonds is 5. The molecular weight excluding hydrogens is 378 g/mol. The van der Waals surface area contributed by atoms with Gasteiger partial charge in [0.1, 0.15) is 0 Å². The summed E-state index contributed by atoms with van der Waals surface area (Å²) in [5.41, 5.74) is 1.87. The van der Waals surface area contributed by atoms with Crippen molar-refractivity contribution in [3.8, 4) is 0 Å². The van der Waals surface area contributed by atoms with Gasteiger partial charge in [-0.3, -0.25) is 0 Å². The molecule has 0 aliphatic heterocycles. The van der Waals surface area contributed by atoms with E-state index in [0.717, 1.165) is 27.0 Å². The lowest BCUT2D eigenvalue weighted by Gasteiger charge is -2.31. The summed E-state index contributed by atoms with van der Waals surface area (Å²) in [6.07, 6.45) is 0.718. The van der Waals surface area contributed by atoms with Crippen LogP contribution in [0.15, 0.2) is 53.0 Å². The highest BCUT2D eigenvalue weighted by Gasteiger charge is 2.31. The molecule has 4 heteroatoms. The summed E-state index contributed by atoms with van der Waals surface area (Å²) in [5, 5.41) is 0.752. The third kappa shape index (κ3) is 3.51. The Hall–Kier alpha value is -0.210. The highest BCUT2D eigenvalue weighted by Crippen LogP contribution is 2.34. The first kappa shape index (κ1) is 16.2. The van der Waals surface area contributed by atoms with Crippen LogP contribution in [0, 0.1) is 0 Å². The molecule has 0 nitrogen and oxygen atoms in total. The van der Waals surface area contributed by atoms with Crippen molar-refractivity contribution < 1.29 is 0 Å². The van der Waals surface area contributed by atoms with Crippen LogP contribution in [0.2, 0.25) is 5.02 Å². The molecule has 106 valence electrons. The Morgan fingerprint density at radius 1 is 0.950 bits per heavy atom. The molecule has 2 aromatic rings. The molecule has 0 aliphatic carbocycles. The van der Waals surface area contributed by atoms with Gasteiger partial charge < -0.3 is 0 Å². The highest BCUT2D eigenvalue weighted by atomic mass is 79.9. The van der Waals surface area contributed by atoms with E-state index in [-0.39, 0.29) is 5.41 Å². The fourth-order valence-electron chi connectivity index (χ4n) is 2.21. The largest absolute Gasteiger partial charge is 0.126 e. The van der Waals surface area contributed by atoms with E-state index < -0.39 is 0 Å². The van der Waals surface area contributed by atoms with Crippen LogP contribution in [0.25, 0.3) is 0 Å². The van der Waals surface area contributed by atoms with E-state index in [0.29, 0.717) is 11.8 Å². The number of hydrogen-bond acceptors (Lipinski definition) is 0. The second-order valence-electron chi connectivity index (χ2n) is 4.83. The summed E-state index contributed by atoms with van der Waals surface area (Å²) in [7, 11) is 0. The fraction of sp³-hybridized carbons (Fsp3) is 0.250. The quantitative estimate of drug-likeness (QED) is 0.543. The van der Waals surface area contributed by atoms with Gasteiger partial charge in [-0.15, -0.1) is 23.2 Å². The Morgan fingerprint density at radius 2 is 1.65 bits per heavy atom. The summed E-state index contributed by atoms with van der Waals surface area (Å²) in [6.45, 7) is 0. The topological polar surface area (TPSA) is 0 Å². The molecule has 0 fully saturated rings. The molecule has 0 aliphatic rings. The smallest absolute Gasteiger partial charge is 0.0438 e. The summed E-state index contributed by atoms with van der Waals surface area (Å²) in [4.78, 5) is 0. The molecule has 2 aromatic carbocycles. The zero-order chi connectivity index (χ0) is 14.6. The molecule has 20 heavy (non-hydrogen) atoms. The average molecular weight is 393 g/mol. The maximum atomic E-state index is 6.27. The second kappa shape index (κ2) is 7.17. The minimum Gasteiger partial charge on any atom is -0.126 e. The summed E-state index contributed by atoms with van der Waals surface area (Å²) < 4.78 is 1.02. The van der Waals surface area contributed by atoms with Crippen LogP contribution in [0.3, 0.4) is 0 Å². The van der Waals surface area contributed by atoms with Crippen molar-refractivity contribution in [2.75, 3.05) is 11.8 Å². The molecule has 0 unspecified atom stereocenters. The summed E-state index contributed by atoms with van der Waals surface area (Å²) >= 11 is 22.3. The highest BCUT2D eigenvalue weighted by molar-refractivity contribution is 9.10. The maximum Gasteiger partial charge on any atom is 0.0438 e. The van der Waals surface area contributed by atoms with Crippen molar-refractivity contribution in [3.05, 3.63) is 69.2 Å². The lowest BCUT2D eigenvalue weighted by atomic mass is 9.79. The van der Waals surface area contributed by atoms with Crippen molar-refractivity contribution in [1.29, 1.82) is 0 Å². The van der Waals surface area contributed by atoms with Gasteiger partial charge in [0.2, 0.25) is 0 Å². The van der Waals surface area contributed by atoms with Crippen LogP contribution in [0.5, 0.6) is 0 Å². The average Bonchev–Trinajstić information content (AvgIpc) is 2.47. The Kier molecular flexibility index (Phi) is 5.80. The second-order valence-corrected chi connectivity index (χ2v) is 6.68. The van der Waals surface area contributed by atoms with E-state index in [4.69, 9.17) is 34.8 Å².